The van der Waals surface area contributed by atoms with E-state index in [1.807, 2.05) is 6.07 Å². The summed E-state index contributed by atoms with van der Waals surface area (Å²) in [6, 6.07) is 8.33. The van der Waals surface area contributed by atoms with Crippen LogP contribution in [0.1, 0.15) is 34.4 Å². The van der Waals surface area contributed by atoms with Gasteiger partial charge in [0.05, 0.1) is 0 Å². The van der Waals surface area contributed by atoms with E-state index in [9.17, 15) is 0 Å². The van der Waals surface area contributed by atoms with E-state index >= 15 is 0 Å². The number of pyridine rings is 1. The number of aryl methyl sites for hydroxylation is 4. The van der Waals surface area contributed by atoms with Gasteiger partial charge in [-0.25, -0.2) is 4.98 Å². The molecule has 3 heteroatoms. The van der Waals surface area contributed by atoms with Gasteiger partial charge in [0.15, 0.2) is 0 Å². The third-order valence-corrected chi connectivity index (χ3v) is 3.85. The van der Waals surface area contributed by atoms with Crippen LogP contribution in [0.2, 0.25) is 0 Å². The molecule has 0 unspecified atom stereocenters. The van der Waals surface area contributed by atoms with E-state index in [0.29, 0.717) is 12.4 Å². The van der Waals surface area contributed by atoms with Crippen molar-refractivity contribution in [3.63, 3.8) is 0 Å². The molecule has 1 aliphatic rings. The van der Waals surface area contributed by atoms with Crippen molar-refractivity contribution < 1.29 is 4.74 Å². The molecule has 0 saturated heterocycles. The van der Waals surface area contributed by atoms with Gasteiger partial charge in [-0.3, -0.25) is 0 Å². The first-order chi connectivity index (χ1) is 9.67. The van der Waals surface area contributed by atoms with Crippen LogP contribution in [0, 0.1) is 13.8 Å². The summed E-state index contributed by atoms with van der Waals surface area (Å²) in [5.74, 6) is 1.52. The molecule has 0 fully saturated rings. The maximum Gasteiger partial charge on any atom is 0.223 e. The van der Waals surface area contributed by atoms with Gasteiger partial charge in [0.2, 0.25) is 5.88 Å². The lowest BCUT2D eigenvalue weighted by atomic mass is 10.1. The first-order valence-corrected chi connectivity index (χ1v) is 7.14. The molecule has 3 nitrogen and oxygen atoms in total. The molecule has 0 aliphatic heterocycles. The van der Waals surface area contributed by atoms with E-state index in [4.69, 9.17) is 10.5 Å². The highest BCUT2D eigenvalue weighted by molar-refractivity contribution is 5.42. The Balaban J connectivity index is 1.97. The van der Waals surface area contributed by atoms with Crippen molar-refractivity contribution in [2.75, 3.05) is 0 Å². The molecule has 104 valence electrons. The average molecular weight is 268 g/mol. The summed E-state index contributed by atoms with van der Waals surface area (Å²) in [6.07, 6.45) is 3.34. The summed E-state index contributed by atoms with van der Waals surface area (Å²) >= 11 is 0. The zero-order valence-electron chi connectivity index (χ0n) is 12.1. The van der Waals surface area contributed by atoms with Crippen molar-refractivity contribution in [3.05, 3.63) is 52.2 Å². The quantitative estimate of drug-likeness (QED) is 0.927. The third kappa shape index (κ3) is 2.41. The number of aromatic nitrogens is 1. The highest BCUT2D eigenvalue weighted by Crippen LogP contribution is 2.31. The fourth-order valence-electron chi connectivity index (χ4n) is 2.75. The van der Waals surface area contributed by atoms with Gasteiger partial charge < -0.3 is 10.5 Å². The fourth-order valence-corrected chi connectivity index (χ4v) is 2.75. The second-order valence-electron chi connectivity index (χ2n) is 5.49. The highest BCUT2D eigenvalue weighted by Gasteiger charge is 2.17. The molecule has 1 aromatic carbocycles. The SMILES string of the molecule is Cc1ccc(Oc2nc3c(cc2CN)CCC3)c(C)c1. The summed E-state index contributed by atoms with van der Waals surface area (Å²) in [5, 5.41) is 0. The number of rotatable bonds is 3. The number of fused-ring (bicyclic) bond motifs is 1. The minimum atomic E-state index is 0.459. The van der Waals surface area contributed by atoms with Crippen LogP contribution in [-0.2, 0) is 19.4 Å². The summed E-state index contributed by atoms with van der Waals surface area (Å²) in [5.41, 5.74) is 11.7. The van der Waals surface area contributed by atoms with Crippen LogP contribution in [0.3, 0.4) is 0 Å². The zero-order valence-corrected chi connectivity index (χ0v) is 12.1. The molecule has 2 N–H and O–H groups in total. The summed E-state index contributed by atoms with van der Waals surface area (Å²) in [6.45, 7) is 4.59. The smallest absolute Gasteiger partial charge is 0.223 e. The monoisotopic (exact) mass is 268 g/mol. The van der Waals surface area contributed by atoms with E-state index in [0.717, 1.165) is 29.7 Å². The topological polar surface area (TPSA) is 48.1 Å². The Hall–Kier alpha value is -1.87. The van der Waals surface area contributed by atoms with E-state index in [2.05, 4.69) is 37.0 Å². The average Bonchev–Trinajstić information content (AvgIpc) is 2.88. The van der Waals surface area contributed by atoms with Crippen LogP contribution in [0.25, 0.3) is 0 Å². The minimum absolute atomic E-state index is 0.459. The lowest BCUT2D eigenvalue weighted by Gasteiger charge is -2.13. The van der Waals surface area contributed by atoms with E-state index in [1.165, 1.54) is 23.2 Å². The number of hydrogen-bond acceptors (Lipinski definition) is 3. The van der Waals surface area contributed by atoms with Gasteiger partial charge >= 0.3 is 0 Å². The lowest BCUT2D eigenvalue weighted by Crippen LogP contribution is -2.04. The van der Waals surface area contributed by atoms with Gasteiger partial charge in [-0.15, -0.1) is 0 Å². The molecule has 1 aromatic heterocycles. The Kier molecular flexibility index (Phi) is 3.45. The normalized spacial score (nSPS) is 13.3. The molecule has 20 heavy (non-hydrogen) atoms. The van der Waals surface area contributed by atoms with E-state index in [1.54, 1.807) is 0 Å². The van der Waals surface area contributed by atoms with Crippen molar-refractivity contribution in [1.29, 1.82) is 0 Å². The van der Waals surface area contributed by atoms with Crippen LogP contribution < -0.4 is 10.5 Å². The molecular weight excluding hydrogens is 248 g/mol. The molecule has 3 rings (SSSR count). The van der Waals surface area contributed by atoms with Crippen molar-refractivity contribution in [2.24, 2.45) is 5.73 Å². The van der Waals surface area contributed by atoms with Gasteiger partial charge in [-0.1, -0.05) is 17.7 Å². The molecule has 1 heterocycles. The Morgan fingerprint density at radius 1 is 1.20 bits per heavy atom. The summed E-state index contributed by atoms with van der Waals surface area (Å²) < 4.78 is 6.02. The first kappa shape index (κ1) is 13.1. The Morgan fingerprint density at radius 3 is 2.80 bits per heavy atom. The minimum Gasteiger partial charge on any atom is -0.438 e. The van der Waals surface area contributed by atoms with E-state index in [-0.39, 0.29) is 0 Å². The Morgan fingerprint density at radius 2 is 2.05 bits per heavy atom. The molecule has 0 bridgehead atoms. The number of nitrogens with zero attached hydrogens (tertiary/aromatic N) is 1. The van der Waals surface area contributed by atoms with Gasteiger partial charge in [0.25, 0.3) is 0 Å². The van der Waals surface area contributed by atoms with Crippen LogP contribution in [0.15, 0.2) is 24.3 Å². The number of nitrogens with two attached hydrogens (primary N) is 1. The molecule has 2 aromatic rings. The van der Waals surface area contributed by atoms with Crippen molar-refractivity contribution in [2.45, 2.75) is 39.7 Å². The molecule has 0 amide bonds. The summed E-state index contributed by atoms with van der Waals surface area (Å²) in [4.78, 5) is 4.68. The molecule has 0 atom stereocenters. The fraction of sp³-hybridized carbons (Fsp3) is 0.353. The van der Waals surface area contributed by atoms with Crippen molar-refractivity contribution in [3.8, 4) is 11.6 Å². The van der Waals surface area contributed by atoms with Crippen LogP contribution in [0.4, 0.5) is 0 Å². The van der Waals surface area contributed by atoms with Gasteiger partial charge in [-0.05, 0) is 56.4 Å². The second kappa shape index (κ2) is 5.25. The lowest BCUT2D eigenvalue weighted by molar-refractivity contribution is 0.451. The van der Waals surface area contributed by atoms with Crippen LogP contribution in [-0.4, -0.2) is 4.98 Å². The first-order valence-electron chi connectivity index (χ1n) is 7.14. The van der Waals surface area contributed by atoms with Crippen molar-refractivity contribution >= 4 is 0 Å². The van der Waals surface area contributed by atoms with Crippen LogP contribution >= 0.6 is 0 Å². The third-order valence-electron chi connectivity index (χ3n) is 3.85. The van der Waals surface area contributed by atoms with Gasteiger partial charge in [0, 0.05) is 17.8 Å². The van der Waals surface area contributed by atoms with Crippen LogP contribution in [0.5, 0.6) is 11.6 Å². The number of ether oxygens (including phenoxy) is 1. The second-order valence-corrected chi connectivity index (χ2v) is 5.49. The standard InChI is InChI=1S/C17H20N2O/c1-11-6-7-16(12(2)8-11)20-17-14(10-18)9-13-4-3-5-15(13)19-17/h6-9H,3-5,10,18H2,1-2H3. The number of hydrogen-bond donors (Lipinski definition) is 1. The molecular formula is C17H20N2O. The predicted molar refractivity (Wildman–Crippen MR) is 80.1 cm³/mol. The summed E-state index contributed by atoms with van der Waals surface area (Å²) in [7, 11) is 0. The Labute approximate surface area is 119 Å². The molecule has 0 radical (unpaired) electrons. The maximum atomic E-state index is 6.02. The molecule has 1 aliphatic carbocycles. The maximum absolute atomic E-state index is 6.02. The van der Waals surface area contributed by atoms with E-state index < -0.39 is 0 Å². The van der Waals surface area contributed by atoms with Crippen molar-refractivity contribution in [1.82, 2.24) is 4.98 Å². The highest BCUT2D eigenvalue weighted by atomic mass is 16.5. The van der Waals surface area contributed by atoms with Gasteiger partial charge in [-0.2, -0.15) is 0 Å². The Bertz CT molecular complexity index is 650. The largest absolute Gasteiger partial charge is 0.438 e. The van der Waals surface area contributed by atoms with Gasteiger partial charge in [0.1, 0.15) is 5.75 Å². The number of benzene rings is 1. The molecule has 0 saturated carbocycles. The zero-order chi connectivity index (χ0) is 14.1. The predicted octanol–water partition coefficient (Wildman–Crippen LogP) is 3.44. The molecule has 0 spiro atoms.